The van der Waals surface area contributed by atoms with E-state index in [0.717, 1.165) is 15.6 Å². The Morgan fingerprint density at radius 3 is 2.76 bits per heavy atom. The largest absolute Gasteiger partial charge is 0.335 e. The highest BCUT2D eigenvalue weighted by Gasteiger charge is 2.14. The first kappa shape index (κ1) is 12.6. The Hall–Kier alpha value is -0.850. The molecule has 0 bridgehead atoms. The van der Waals surface area contributed by atoms with Crippen LogP contribution in [0, 0.1) is 6.92 Å². The molecule has 2 rings (SSSR count). The van der Waals surface area contributed by atoms with E-state index in [-0.39, 0.29) is 5.91 Å². The zero-order valence-electron chi connectivity index (χ0n) is 9.51. The number of hydrogen-bond donors (Lipinski definition) is 1. The van der Waals surface area contributed by atoms with Gasteiger partial charge in [-0.2, -0.15) is 0 Å². The van der Waals surface area contributed by atoms with Crippen LogP contribution in [0.4, 0.5) is 0 Å². The molecule has 0 unspecified atom stereocenters. The van der Waals surface area contributed by atoms with E-state index in [1.807, 2.05) is 17.7 Å². The average Bonchev–Trinajstić information content (AvgIpc) is 2.87. The molecular formula is C11H12N2OS3. The van der Waals surface area contributed by atoms with E-state index in [2.05, 4.69) is 17.6 Å². The molecule has 0 fully saturated rings. The molecule has 6 heteroatoms. The van der Waals surface area contributed by atoms with Gasteiger partial charge >= 0.3 is 0 Å². The molecular weight excluding hydrogens is 272 g/mol. The van der Waals surface area contributed by atoms with Gasteiger partial charge in [-0.25, -0.2) is 4.98 Å². The van der Waals surface area contributed by atoms with E-state index in [1.54, 1.807) is 29.4 Å². The van der Waals surface area contributed by atoms with Crippen molar-refractivity contribution in [3.05, 3.63) is 32.4 Å². The molecule has 0 saturated carbocycles. The topological polar surface area (TPSA) is 33.2 Å². The quantitative estimate of drug-likeness (QED) is 0.879. The van der Waals surface area contributed by atoms with E-state index in [0.29, 0.717) is 11.4 Å². The second-order valence-electron chi connectivity index (χ2n) is 3.69. The van der Waals surface area contributed by atoms with Gasteiger partial charge in [0.05, 0.1) is 22.1 Å². The van der Waals surface area contributed by atoms with Crippen molar-refractivity contribution in [1.29, 1.82) is 0 Å². The van der Waals surface area contributed by atoms with Crippen molar-refractivity contribution in [2.45, 2.75) is 18.4 Å². The van der Waals surface area contributed by atoms with Crippen LogP contribution in [0.3, 0.4) is 0 Å². The summed E-state index contributed by atoms with van der Waals surface area (Å²) < 4.78 is 0. The maximum atomic E-state index is 12.0. The third-order valence-corrected chi connectivity index (χ3v) is 4.38. The highest BCUT2D eigenvalue weighted by Crippen LogP contribution is 2.20. The normalized spacial score (nSPS) is 10.5. The SMILES string of the molecule is Cc1nc(CN(C)C(=O)c2cc(S)cs2)cs1. The third kappa shape index (κ3) is 3.08. The molecule has 0 spiro atoms. The molecule has 90 valence electrons. The Morgan fingerprint density at radius 1 is 1.47 bits per heavy atom. The molecule has 2 aromatic heterocycles. The van der Waals surface area contributed by atoms with Gasteiger partial charge in [0, 0.05) is 22.7 Å². The molecule has 0 radical (unpaired) electrons. The van der Waals surface area contributed by atoms with Crippen molar-refractivity contribution >= 4 is 41.2 Å². The Kier molecular flexibility index (Phi) is 3.86. The molecule has 2 heterocycles. The summed E-state index contributed by atoms with van der Waals surface area (Å²) in [7, 11) is 1.79. The standard InChI is InChI=1S/C11H12N2OS3/c1-7-12-8(5-16-7)4-13(2)11(14)10-3-9(15)6-17-10/h3,5-6,15H,4H2,1-2H3. The minimum atomic E-state index is 0.0148. The summed E-state index contributed by atoms with van der Waals surface area (Å²) in [6.45, 7) is 2.51. The number of thiol groups is 1. The minimum absolute atomic E-state index is 0.0148. The molecule has 0 atom stereocenters. The second-order valence-corrected chi connectivity index (χ2v) is 6.18. The van der Waals surface area contributed by atoms with Crippen molar-refractivity contribution < 1.29 is 4.79 Å². The highest BCUT2D eigenvalue weighted by atomic mass is 32.1. The van der Waals surface area contributed by atoms with Crippen LogP contribution in [0.5, 0.6) is 0 Å². The molecule has 0 N–H and O–H groups in total. The summed E-state index contributed by atoms with van der Waals surface area (Å²) in [5.74, 6) is 0.0148. The van der Waals surface area contributed by atoms with Crippen LogP contribution in [0.15, 0.2) is 21.7 Å². The van der Waals surface area contributed by atoms with E-state index < -0.39 is 0 Å². The fourth-order valence-electron chi connectivity index (χ4n) is 1.42. The molecule has 0 aromatic carbocycles. The van der Waals surface area contributed by atoms with Crippen LogP contribution in [0.25, 0.3) is 0 Å². The van der Waals surface area contributed by atoms with Crippen LogP contribution < -0.4 is 0 Å². The monoisotopic (exact) mass is 284 g/mol. The molecule has 0 aliphatic heterocycles. The first-order valence-electron chi connectivity index (χ1n) is 5.00. The molecule has 17 heavy (non-hydrogen) atoms. The number of carbonyl (C=O) groups is 1. The van der Waals surface area contributed by atoms with Gasteiger partial charge in [-0.15, -0.1) is 35.3 Å². The number of hydrogen-bond acceptors (Lipinski definition) is 5. The summed E-state index contributed by atoms with van der Waals surface area (Å²) in [5.41, 5.74) is 0.936. The summed E-state index contributed by atoms with van der Waals surface area (Å²) in [6.07, 6.45) is 0. The van der Waals surface area contributed by atoms with Crippen LogP contribution >= 0.6 is 35.3 Å². The Bertz CT molecular complexity index is 532. The van der Waals surface area contributed by atoms with E-state index in [1.165, 1.54) is 11.3 Å². The summed E-state index contributed by atoms with van der Waals surface area (Å²) in [5, 5.41) is 4.86. The van der Waals surface area contributed by atoms with Crippen molar-refractivity contribution in [3.63, 3.8) is 0 Å². The number of nitrogens with zero attached hydrogens (tertiary/aromatic N) is 2. The van der Waals surface area contributed by atoms with Crippen LogP contribution in [-0.2, 0) is 6.54 Å². The molecule has 0 saturated heterocycles. The predicted molar refractivity (Wildman–Crippen MR) is 74.2 cm³/mol. The smallest absolute Gasteiger partial charge is 0.264 e. The number of amides is 1. The van der Waals surface area contributed by atoms with Gasteiger partial charge in [0.25, 0.3) is 5.91 Å². The van der Waals surface area contributed by atoms with Gasteiger partial charge in [-0.1, -0.05) is 0 Å². The maximum absolute atomic E-state index is 12.0. The zero-order chi connectivity index (χ0) is 12.4. The van der Waals surface area contributed by atoms with Crippen molar-refractivity contribution in [3.8, 4) is 0 Å². The second kappa shape index (κ2) is 5.20. The minimum Gasteiger partial charge on any atom is -0.335 e. The third-order valence-electron chi connectivity index (χ3n) is 2.21. The molecule has 0 aliphatic carbocycles. The summed E-state index contributed by atoms with van der Waals surface area (Å²) in [4.78, 5) is 19.6. The number of aryl methyl sites for hydroxylation is 1. The lowest BCUT2D eigenvalue weighted by molar-refractivity contribution is 0.0788. The van der Waals surface area contributed by atoms with E-state index >= 15 is 0 Å². The molecule has 3 nitrogen and oxygen atoms in total. The number of rotatable bonds is 3. The lowest BCUT2D eigenvalue weighted by Gasteiger charge is -2.14. The molecule has 0 aliphatic rings. The van der Waals surface area contributed by atoms with Gasteiger partial charge < -0.3 is 4.90 Å². The average molecular weight is 284 g/mol. The lowest BCUT2D eigenvalue weighted by atomic mass is 10.4. The number of thiazole rings is 1. The van der Waals surface area contributed by atoms with Gasteiger partial charge in [-0.3, -0.25) is 4.79 Å². The fourth-order valence-corrected chi connectivity index (χ4v) is 3.17. The van der Waals surface area contributed by atoms with Gasteiger partial charge in [0.15, 0.2) is 0 Å². The number of carbonyl (C=O) groups excluding carboxylic acids is 1. The fraction of sp³-hybridized carbons (Fsp3) is 0.273. The van der Waals surface area contributed by atoms with Crippen molar-refractivity contribution in [2.24, 2.45) is 0 Å². The highest BCUT2D eigenvalue weighted by molar-refractivity contribution is 7.80. The number of thiophene rings is 1. The summed E-state index contributed by atoms with van der Waals surface area (Å²) >= 11 is 7.22. The predicted octanol–water partition coefficient (Wildman–Crippen LogP) is 3.07. The first-order valence-corrected chi connectivity index (χ1v) is 7.21. The maximum Gasteiger partial charge on any atom is 0.264 e. The van der Waals surface area contributed by atoms with Crippen molar-refractivity contribution in [2.75, 3.05) is 7.05 Å². The van der Waals surface area contributed by atoms with Gasteiger partial charge in [-0.05, 0) is 13.0 Å². The van der Waals surface area contributed by atoms with Crippen LogP contribution in [-0.4, -0.2) is 22.8 Å². The molecule has 1 amide bonds. The Balaban J connectivity index is 2.05. The van der Waals surface area contributed by atoms with Crippen LogP contribution in [0.2, 0.25) is 0 Å². The zero-order valence-corrected chi connectivity index (χ0v) is 12.0. The van der Waals surface area contributed by atoms with Gasteiger partial charge in [0.2, 0.25) is 0 Å². The first-order chi connectivity index (χ1) is 8.06. The molecule has 2 aromatic rings. The Labute approximate surface area is 114 Å². The summed E-state index contributed by atoms with van der Waals surface area (Å²) in [6, 6.07) is 1.79. The number of aromatic nitrogens is 1. The lowest BCUT2D eigenvalue weighted by Crippen LogP contribution is -2.25. The van der Waals surface area contributed by atoms with E-state index in [4.69, 9.17) is 0 Å². The van der Waals surface area contributed by atoms with E-state index in [9.17, 15) is 4.79 Å². The van der Waals surface area contributed by atoms with Gasteiger partial charge in [0.1, 0.15) is 0 Å². The van der Waals surface area contributed by atoms with Crippen molar-refractivity contribution in [1.82, 2.24) is 9.88 Å². The Morgan fingerprint density at radius 2 is 2.24 bits per heavy atom. The van der Waals surface area contributed by atoms with Crippen LogP contribution in [0.1, 0.15) is 20.4 Å².